The molecule has 1 nitrogen and oxygen atoms in total. The summed E-state index contributed by atoms with van der Waals surface area (Å²) in [4.78, 5) is 0. The summed E-state index contributed by atoms with van der Waals surface area (Å²) in [6.07, 6.45) is 0. The Balaban J connectivity index is 2.42. The van der Waals surface area contributed by atoms with Crippen LogP contribution in [0.15, 0.2) is 54.6 Å². The maximum absolute atomic E-state index is 3.89. The van der Waals surface area contributed by atoms with Crippen LogP contribution in [0.1, 0.15) is 41.5 Å². The van der Waals surface area contributed by atoms with Crippen LogP contribution >= 0.6 is 8.07 Å². The zero-order valence-corrected chi connectivity index (χ0v) is 15.5. The van der Waals surface area contributed by atoms with Gasteiger partial charge in [0.25, 0.3) is 0 Å². The number of rotatable bonds is 3. The van der Waals surface area contributed by atoms with Gasteiger partial charge < -0.3 is 5.09 Å². The highest BCUT2D eigenvalue weighted by Crippen LogP contribution is 2.59. The Morgan fingerprint density at radius 1 is 0.682 bits per heavy atom. The van der Waals surface area contributed by atoms with Crippen molar-refractivity contribution in [1.29, 1.82) is 0 Å². The molecular formula is C20H28NP. The first-order valence-corrected chi connectivity index (χ1v) is 9.25. The van der Waals surface area contributed by atoms with E-state index in [1.165, 1.54) is 16.8 Å². The lowest BCUT2D eigenvalue weighted by molar-refractivity contribution is 0.710. The number of hydrogen-bond donors (Lipinski definition) is 1. The van der Waals surface area contributed by atoms with E-state index in [1.807, 2.05) is 0 Å². The van der Waals surface area contributed by atoms with E-state index in [0.29, 0.717) is 0 Å². The third-order valence-corrected chi connectivity index (χ3v) is 6.73. The van der Waals surface area contributed by atoms with Crippen LogP contribution in [0.5, 0.6) is 0 Å². The van der Waals surface area contributed by atoms with Crippen LogP contribution in [-0.2, 0) is 0 Å². The molecule has 118 valence electrons. The third-order valence-electron chi connectivity index (χ3n) is 3.59. The average Bonchev–Trinajstić information content (AvgIpc) is 2.43. The molecule has 2 heteroatoms. The summed E-state index contributed by atoms with van der Waals surface area (Å²) in [6, 6.07) is 19.3. The molecule has 0 spiro atoms. The van der Waals surface area contributed by atoms with Crippen molar-refractivity contribution < 1.29 is 0 Å². The maximum Gasteiger partial charge on any atom is 0.0452 e. The van der Waals surface area contributed by atoms with E-state index in [0.717, 1.165) is 0 Å². The molecule has 2 rings (SSSR count). The smallest absolute Gasteiger partial charge is 0.0452 e. The fraction of sp³-hybridized carbons (Fsp3) is 0.400. The Hall–Kier alpha value is -1.33. The van der Waals surface area contributed by atoms with Gasteiger partial charge in [0.1, 0.15) is 0 Å². The molecule has 0 aliphatic heterocycles. The fourth-order valence-electron chi connectivity index (χ4n) is 2.91. The predicted octanol–water partition coefficient (Wildman–Crippen LogP) is 6.76. The second kappa shape index (κ2) is 6.42. The van der Waals surface area contributed by atoms with Gasteiger partial charge in [0.15, 0.2) is 0 Å². The number of para-hydroxylation sites is 1. The van der Waals surface area contributed by atoms with Gasteiger partial charge in [-0.05, 0) is 19.7 Å². The molecule has 1 N–H and O–H groups in total. The summed E-state index contributed by atoms with van der Waals surface area (Å²) in [5.74, 6) is 0. The molecule has 2 aromatic carbocycles. The van der Waals surface area contributed by atoms with Crippen LogP contribution in [-0.4, -0.2) is 10.3 Å². The first kappa shape index (κ1) is 17.0. The molecule has 0 bridgehead atoms. The summed E-state index contributed by atoms with van der Waals surface area (Å²) < 4.78 is 0. The molecule has 0 aliphatic carbocycles. The van der Waals surface area contributed by atoms with Gasteiger partial charge in [0, 0.05) is 21.6 Å². The molecule has 0 fully saturated rings. The minimum atomic E-state index is -0.376. The van der Waals surface area contributed by atoms with E-state index in [4.69, 9.17) is 0 Å². The summed E-state index contributed by atoms with van der Waals surface area (Å²) >= 11 is 0. The molecule has 2 aromatic rings. The van der Waals surface area contributed by atoms with E-state index in [1.54, 1.807) is 0 Å². The van der Waals surface area contributed by atoms with Gasteiger partial charge in [-0.25, -0.2) is 0 Å². The Kier molecular flexibility index (Phi) is 4.97. The molecule has 0 saturated carbocycles. The van der Waals surface area contributed by atoms with Crippen LogP contribution in [0.4, 0.5) is 5.69 Å². The van der Waals surface area contributed by atoms with Crippen molar-refractivity contribution in [3.05, 3.63) is 54.6 Å². The van der Waals surface area contributed by atoms with Crippen LogP contribution in [0.2, 0.25) is 0 Å². The molecule has 22 heavy (non-hydrogen) atoms. The normalized spacial score (nSPS) is 12.5. The van der Waals surface area contributed by atoms with E-state index in [-0.39, 0.29) is 18.4 Å². The van der Waals surface area contributed by atoms with Gasteiger partial charge in [-0.15, -0.1) is 0 Å². The van der Waals surface area contributed by atoms with Crippen molar-refractivity contribution in [1.82, 2.24) is 0 Å². The Morgan fingerprint density at radius 2 is 1.18 bits per heavy atom. The first-order valence-electron chi connectivity index (χ1n) is 7.91. The van der Waals surface area contributed by atoms with Crippen molar-refractivity contribution in [2.45, 2.75) is 51.9 Å². The topological polar surface area (TPSA) is 12.0 Å². The standard InChI is InChI=1S/C20H28NP/c1-19(2,3)22(20(4,5)6)21-18-15-11-10-14-17(18)16-12-8-7-9-13-16/h7-15,21H,1-6H3. The third kappa shape index (κ3) is 4.11. The fourth-order valence-corrected chi connectivity index (χ4v) is 6.03. The molecule has 0 amide bonds. The summed E-state index contributed by atoms with van der Waals surface area (Å²) in [5, 5.41) is 4.39. The largest absolute Gasteiger partial charge is 0.363 e. The van der Waals surface area contributed by atoms with Crippen LogP contribution in [0, 0.1) is 0 Å². The van der Waals surface area contributed by atoms with Crippen molar-refractivity contribution >= 4 is 13.8 Å². The second-order valence-electron chi connectivity index (χ2n) is 7.70. The van der Waals surface area contributed by atoms with Crippen LogP contribution in [0.25, 0.3) is 11.1 Å². The number of benzene rings is 2. The Morgan fingerprint density at radius 3 is 1.73 bits per heavy atom. The van der Waals surface area contributed by atoms with Crippen molar-refractivity contribution in [2.75, 3.05) is 5.09 Å². The predicted molar refractivity (Wildman–Crippen MR) is 102 cm³/mol. The summed E-state index contributed by atoms with van der Waals surface area (Å²) in [7, 11) is -0.376. The zero-order chi connectivity index (χ0) is 16.4. The van der Waals surface area contributed by atoms with Crippen LogP contribution in [0.3, 0.4) is 0 Å². The van der Waals surface area contributed by atoms with E-state index < -0.39 is 0 Å². The summed E-state index contributed by atoms with van der Waals surface area (Å²) in [6.45, 7) is 14.0. The minimum absolute atomic E-state index is 0.247. The highest BCUT2D eigenvalue weighted by molar-refractivity contribution is 7.62. The van der Waals surface area contributed by atoms with Gasteiger partial charge >= 0.3 is 0 Å². The van der Waals surface area contributed by atoms with Gasteiger partial charge in [0.05, 0.1) is 0 Å². The van der Waals surface area contributed by atoms with Gasteiger partial charge in [-0.3, -0.25) is 0 Å². The SMILES string of the molecule is CC(C)(C)P(Nc1ccccc1-c1ccccc1)C(C)(C)C. The maximum atomic E-state index is 3.89. The van der Waals surface area contributed by atoms with Crippen LogP contribution < -0.4 is 5.09 Å². The highest BCUT2D eigenvalue weighted by atomic mass is 31.1. The quantitative estimate of drug-likeness (QED) is 0.617. The molecule has 0 saturated heterocycles. The van der Waals surface area contributed by atoms with Gasteiger partial charge in [-0.1, -0.05) is 90.1 Å². The zero-order valence-electron chi connectivity index (χ0n) is 14.6. The van der Waals surface area contributed by atoms with Gasteiger partial charge in [0.2, 0.25) is 0 Å². The monoisotopic (exact) mass is 313 g/mol. The lowest BCUT2D eigenvalue weighted by Gasteiger charge is -2.42. The Bertz CT molecular complexity index is 592. The molecule has 0 radical (unpaired) electrons. The Labute approximate surface area is 137 Å². The van der Waals surface area contributed by atoms with E-state index in [2.05, 4.69) is 101 Å². The van der Waals surface area contributed by atoms with Gasteiger partial charge in [-0.2, -0.15) is 0 Å². The molecule has 0 aromatic heterocycles. The lowest BCUT2D eigenvalue weighted by Crippen LogP contribution is -2.28. The number of nitrogens with one attached hydrogen (secondary N) is 1. The second-order valence-corrected chi connectivity index (χ2v) is 11.3. The minimum Gasteiger partial charge on any atom is -0.363 e. The molecule has 0 heterocycles. The van der Waals surface area contributed by atoms with E-state index >= 15 is 0 Å². The number of hydrogen-bond acceptors (Lipinski definition) is 1. The first-order chi connectivity index (χ1) is 10.2. The highest BCUT2D eigenvalue weighted by Gasteiger charge is 2.35. The summed E-state index contributed by atoms with van der Waals surface area (Å²) in [5.41, 5.74) is 3.79. The van der Waals surface area contributed by atoms with Crippen molar-refractivity contribution in [2.24, 2.45) is 0 Å². The molecule has 0 unspecified atom stereocenters. The molecular weight excluding hydrogens is 285 g/mol. The molecule has 0 aliphatic rings. The lowest BCUT2D eigenvalue weighted by atomic mass is 10.0. The average molecular weight is 313 g/mol. The number of anilines is 1. The molecule has 0 atom stereocenters. The van der Waals surface area contributed by atoms with Crippen molar-refractivity contribution in [3.8, 4) is 11.1 Å². The van der Waals surface area contributed by atoms with E-state index in [9.17, 15) is 0 Å². The van der Waals surface area contributed by atoms with Crippen molar-refractivity contribution in [3.63, 3.8) is 0 Å².